The lowest BCUT2D eigenvalue weighted by atomic mass is 10.2. The number of para-hydroxylation sites is 1. The van der Waals surface area contributed by atoms with E-state index in [-0.39, 0.29) is 11.5 Å². The standard InChI is InChI=1S/C14H17N3O2/c1-19-9-5-8-16-14(18)12(10-15)11-17-13-6-3-2-4-7-13/h2-4,6-7,11,17H,5,8-9H2,1H3,(H,16,18)/b12-11-. The molecule has 0 spiro atoms. The van der Waals surface area contributed by atoms with E-state index in [0.29, 0.717) is 19.6 Å². The second kappa shape index (κ2) is 8.72. The zero-order chi connectivity index (χ0) is 13.9. The summed E-state index contributed by atoms with van der Waals surface area (Å²) in [6, 6.07) is 11.2. The van der Waals surface area contributed by atoms with Crippen molar-refractivity contribution in [3.63, 3.8) is 0 Å². The van der Waals surface area contributed by atoms with Crippen LogP contribution in [0.25, 0.3) is 0 Å². The minimum atomic E-state index is -0.387. The number of carbonyl (C=O) groups is 1. The quantitative estimate of drug-likeness (QED) is 0.443. The second-order valence-electron chi connectivity index (χ2n) is 3.78. The van der Waals surface area contributed by atoms with Gasteiger partial charge in [0.05, 0.1) is 0 Å². The van der Waals surface area contributed by atoms with Crippen molar-refractivity contribution in [1.82, 2.24) is 5.32 Å². The van der Waals surface area contributed by atoms with Crippen LogP contribution in [0.4, 0.5) is 5.69 Å². The molecule has 1 amide bonds. The molecule has 5 heteroatoms. The molecule has 0 unspecified atom stereocenters. The Kier molecular flexibility index (Phi) is 6.77. The van der Waals surface area contributed by atoms with Gasteiger partial charge in [-0.3, -0.25) is 4.79 Å². The molecule has 2 N–H and O–H groups in total. The third-order valence-electron chi connectivity index (χ3n) is 2.33. The number of benzene rings is 1. The van der Waals surface area contributed by atoms with Gasteiger partial charge < -0.3 is 15.4 Å². The fourth-order valence-corrected chi connectivity index (χ4v) is 1.35. The van der Waals surface area contributed by atoms with Gasteiger partial charge in [-0.05, 0) is 18.6 Å². The molecule has 100 valence electrons. The van der Waals surface area contributed by atoms with Crippen molar-refractivity contribution in [2.75, 3.05) is 25.6 Å². The van der Waals surface area contributed by atoms with Gasteiger partial charge in [-0.15, -0.1) is 0 Å². The fourth-order valence-electron chi connectivity index (χ4n) is 1.35. The number of amides is 1. The van der Waals surface area contributed by atoms with E-state index in [0.717, 1.165) is 5.69 Å². The van der Waals surface area contributed by atoms with Crippen LogP contribution in [0.2, 0.25) is 0 Å². The molecule has 0 saturated carbocycles. The SMILES string of the molecule is COCCCNC(=O)/C(C#N)=C\Nc1ccccc1. The zero-order valence-corrected chi connectivity index (χ0v) is 10.8. The predicted molar refractivity (Wildman–Crippen MR) is 73.3 cm³/mol. The summed E-state index contributed by atoms with van der Waals surface area (Å²) in [4.78, 5) is 11.7. The summed E-state index contributed by atoms with van der Waals surface area (Å²) in [5, 5.41) is 14.5. The van der Waals surface area contributed by atoms with Crippen LogP contribution < -0.4 is 10.6 Å². The molecule has 0 fully saturated rings. The van der Waals surface area contributed by atoms with Gasteiger partial charge in [0.25, 0.3) is 5.91 Å². The lowest BCUT2D eigenvalue weighted by molar-refractivity contribution is -0.117. The molecule has 0 aliphatic carbocycles. The molecule has 5 nitrogen and oxygen atoms in total. The smallest absolute Gasteiger partial charge is 0.263 e. The third kappa shape index (κ3) is 5.70. The Morgan fingerprint density at radius 2 is 2.16 bits per heavy atom. The largest absolute Gasteiger partial charge is 0.385 e. The second-order valence-corrected chi connectivity index (χ2v) is 3.78. The Bertz CT molecular complexity index is 463. The highest BCUT2D eigenvalue weighted by molar-refractivity contribution is 5.97. The highest BCUT2D eigenvalue weighted by Gasteiger charge is 2.07. The average Bonchev–Trinajstić information content (AvgIpc) is 2.45. The average molecular weight is 259 g/mol. The van der Waals surface area contributed by atoms with Gasteiger partial charge in [0.15, 0.2) is 0 Å². The first-order chi connectivity index (χ1) is 9.27. The first kappa shape index (κ1) is 14.7. The van der Waals surface area contributed by atoms with E-state index in [2.05, 4.69) is 10.6 Å². The van der Waals surface area contributed by atoms with Crippen molar-refractivity contribution < 1.29 is 9.53 Å². The summed E-state index contributed by atoms with van der Waals surface area (Å²) in [6.07, 6.45) is 2.12. The summed E-state index contributed by atoms with van der Waals surface area (Å²) in [6.45, 7) is 1.06. The molecular weight excluding hydrogens is 242 g/mol. The first-order valence-corrected chi connectivity index (χ1v) is 5.97. The topological polar surface area (TPSA) is 74.1 Å². The van der Waals surface area contributed by atoms with Gasteiger partial charge in [-0.1, -0.05) is 18.2 Å². The van der Waals surface area contributed by atoms with E-state index in [9.17, 15) is 4.79 Å². The molecule has 0 aliphatic rings. The number of methoxy groups -OCH3 is 1. The number of nitriles is 1. The monoisotopic (exact) mass is 259 g/mol. The van der Waals surface area contributed by atoms with Crippen LogP contribution in [0.5, 0.6) is 0 Å². The fraction of sp³-hybridized carbons (Fsp3) is 0.286. The van der Waals surface area contributed by atoms with E-state index < -0.39 is 0 Å². The van der Waals surface area contributed by atoms with E-state index in [1.165, 1.54) is 6.20 Å². The van der Waals surface area contributed by atoms with Crippen LogP contribution in [-0.2, 0) is 9.53 Å². The van der Waals surface area contributed by atoms with Crippen LogP contribution in [-0.4, -0.2) is 26.2 Å². The van der Waals surface area contributed by atoms with Gasteiger partial charge in [-0.25, -0.2) is 0 Å². The minimum absolute atomic E-state index is 0.0428. The Hall–Kier alpha value is -2.32. The maximum Gasteiger partial charge on any atom is 0.263 e. The van der Waals surface area contributed by atoms with E-state index in [4.69, 9.17) is 10.00 Å². The van der Waals surface area contributed by atoms with Crippen molar-refractivity contribution >= 4 is 11.6 Å². The van der Waals surface area contributed by atoms with Crippen LogP contribution in [0, 0.1) is 11.3 Å². The van der Waals surface area contributed by atoms with Crippen LogP contribution in [0.3, 0.4) is 0 Å². The molecule has 0 aliphatic heterocycles. The zero-order valence-electron chi connectivity index (χ0n) is 10.8. The maximum absolute atomic E-state index is 11.7. The van der Waals surface area contributed by atoms with Gasteiger partial charge in [0.2, 0.25) is 0 Å². The van der Waals surface area contributed by atoms with Crippen molar-refractivity contribution in [1.29, 1.82) is 5.26 Å². The number of hydrogen-bond acceptors (Lipinski definition) is 4. The molecular formula is C14H17N3O2. The number of rotatable bonds is 7. The van der Waals surface area contributed by atoms with Crippen molar-refractivity contribution in [2.45, 2.75) is 6.42 Å². The van der Waals surface area contributed by atoms with Crippen molar-refractivity contribution in [2.24, 2.45) is 0 Å². The molecule has 1 aromatic rings. The molecule has 1 rings (SSSR count). The van der Waals surface area contributed by atoms with Crippen LogP contribution in [0.1, 0.15) is 6.42 Å². The van der Waals surface area contributed by atoms with Gasteiger partial charge >= 0.3 is 0 Å². The van der Waals surface area contributed by atoms with E-state index >= 15 is 0 Å². The van der Waals surface area contributed by atoms with Crippen LogP contribution in [0.15, 0.2) is 42.1 Å². The normalized spacial score (nSPS) is 10.6. The van der Waals surface area contributed by atoms with Crippen LogP contribution >= 0.6 is 0 Å². The number of anilines is 1. The predicted octanol–water partition coefficient (Wildman–Crippen LogP) is 1.66. The van der Waals surface area contributed by atoms with E-state index in [1.807, 2.05) is 36.4 Å². The van der Waals surface area contributed by atoms with Gasteiger partial charge in [0.1, 0.15) is 11.6 Å². The summed E-state index contributed by atoms with van der Waals surface area (Å²) >= 11 is 0. The number of hydrogen-bond donors (Lipinski definition) is 2. The maximum atomic E-state index is 11.7. The molecule has 0 bridgehead atoms. The highest BCUT2D eigenvalue weighted by atomic mass is 16.5. The number of nitrogens with zero attached hydrogens (tertiary/aromatic N) is 1. The molecule has 0 aromatic heterocycles. The van der Waals surface area contributed by atoms with Gasteiger partial charge in [0, 0.05) is 32.1 Å². The number of nitrogens with one attached hydrogen (secondary N) is 2. The summed E-state index contributed by atoms with van der Waals surface area (Å²) < 4.78 is 4.87. The lowest BCUT2D eigenvalue weighted by Crippen LogP contribution is -2.26. The Labute approximate surface area is 112 Å². The van der Waals surface area contributed by atoms with E-state index in [1.54, 1.807) is 7.11 Å². The minimum Gasteiger partial charge on any atom is -0.385 e. The first-order valence-electron chi connectivity index (χ1n) is 5.97. The Morgan fingerprint density at radius 3 is 2.79 bits per heavy atom. The summed E-state index contributed by atoms with van der Waals surface area (Å²) in [5.74, 6) is -0.387. The lowest BCUT2D eigenvalue weighted by Gasteiger charge is -2.04. The Balaban J connectivity index is 2.48. The summed E-state index contributed by atoms with van der Waals surface area (Å²) in [5.41, 5.74) is 0.865. The molecule has 19 heavy (non-hydrogen) atoms. The van der Waals surface area contributed by atoms with Crippen molar-refractivity contribution in [3.05, 3.63) is 42.1 Å². The molecule has 0 heterocycles. The Morgan fingerprint density at radius 1 is 1.42 bits per heavy atom. The third-order valence-corrected chi connectivity index (χ3v) is 2.33. The molecule has 0 atom stereocenters. The van der Waals surface area contributed by atoms with Gasteiger partial charge in [-0.2, -0.15) is 5.26 Å². The molecule has 1 aromatic carbocycles. The molecule has 0 radical (unpaired) electrons. The summed E-state index contributed by atoms with van der Waals surface area (Å²) in [7, 11) is 1.60. The number of ether oxygens (including phenoxy) is 1. The van der Waals surface area contributed by atoms with Crippen molar-refractivity contribution in [3.8, 4) is 6.07 Å². The molecule has 0 saturated heterocycles. The highest BCUT2D eigenvalue weighted by Crippen LogP contribution is 2.05. The number of carbonyl (C=O) groups excluding carboxylic acids is 1.